The zero-order valence-electron chi connectivity index (χ0n) is 15.0. The molecule has 1 aromatic heterocycles. The number of nitrogens with one attached hydrogen (secondary N) is 1. The van der Waals surface area contributed by atoms with Crippen LogP contribution in [0, 0.1) is 0 Å². The van der Waals surface area contributed by atoms with E-state index in [-0.39, 0.29) is 14.9 Å². The molecule has 0 spiro atoms. The number of para-hydroxylation sites is 1. The third kappa shape index (κ3) is 3.79. The molecule has 1 fully saturated rings. The van der Waals surface area contributed by atoms with Crippen LogP contribution in [0.3, 0.4) is 0 Å². The summed E-state index contributed by atoms with van der Waals surface area (Å²) >= 11 is 18.4. The number of thiocarbonyl (C=S) groups is 1. The molecule has 29 heavy (non-hydrogen) atoms. The Bertz CT molecular complexity index is 1220. The molecule has 1 saturated heterocycles. The minimum Gasteiger partial charge on any atom is -0.350 e. The Morgan fingerprint density at radius 2 is 1.97 bits per heavy atom. The van der Waals surface area contributed by atoms with E-state index in [1.165, 1.54) is 12.1 Å². The van der Waals surface area contributed by atoms with Gasteiger partial charge in [-0.05, 0) is 42.6 Å². The molecule has 2 aromatic carbocycles. The summed E-state index contributed by atoms with van der Waals surface area (Å²) in [5.41, 5.74) is 4.67. The molecule has 9 heteroatoms. The summed E-state index contributed by atoms with van der Waals surface area (Å²) in [6, 6.07) is 12.4. The van der Waals surface area contributed by atoms with Crippen LogP contribution in [0.4, 0.5) is 0 Å². The van der Waals surface area contributed by atoms with E-state index >= 15 is 0 Å². The highest BCUT2D eigenvalue weighted by Gasteiger charge is 2.34. The number of amides is 2. The number of thioether (sulfide) groups is 1. The molecule has 2 amide bonds. The van der Waals surface area contributed by atoms with E-state index in [4.69, 9.17) is 35.4 Å². The van der Waals surface area contributed by atoms with Gasteiger partial charge in [0.2, 0.25) is 0 Å². The summed E-state index contributed by atoms with van der Waals surface area (Å²) in [5.74, 6) is -0.944. The molecule has 1 aliphatic heterocycles. The summed E-state index contributed by atoms with van der Waals surface area (Å²) in [6.07, 6.45) is 3.73. The fourth-order valence-electron chi connectivity index (χ4n) is 3.03. The second-order valence-corrected chi connectivity index (χ2v) is 8.81. The molecular formula is C20H13Cl2N3O2S2. The average Bonchev–Trinajstić information content (AvgIpc) is 3.13. The Labute approximate surface area is 186 Å². The summed E-state index contributed by atoms with van der Waals surface area (Å²) in [7, 11) is 1.95. The predicted octanol–water partition coefficient (Wildman–Crippen LogP) is 5.03. The van der Waals surface area contributed by atoms with E-state index in [0.717, 1.165) is 33.2 Å². The fourth-order valence-corrected chi connectivity index (χ4v) is 4.69. The normalized spacial score (nSPS) is 15.6. The highest BCUT2D eigenvalue weighted by Crippen LogP contribution is 2.33. The van der Waals surface area contributed by atoms with Crippen LogP contribution in [0.2, 0.25) is 10.0 Å². The molecule has 0 unspecified atom stereocenters. The van der Waals surface area contributed by atoms with Gasteiger partial charge in [-0.2, -0.15) is 5.01 Å². The number of benzene rings is 2. The van der Waals surface area contributed by atoms with E-state index in [9.17, 15) is 9.59 Å². The van der Waals surface area contributed by atoms with Crippen molar-refractivity contribution in [2.24, 2.45) is 7.05 Å². The van der Waals surface area contributed by atoms with E-state index < -0.39 is 11.8 Å². The Morgan fingerprint density at radius 1 is 1.21 bits per heavy atom. The van der Waals surface area contributed by atoms with Crippen LogP contribution in [0.5, 0.6) is 0 Å². The molecule has 1 N–H and O–H groups in total. The summed E-state index contributed by atoms with van der Waals surface area (Å²) in [5, 5.41) is 2.68. The summed E-state index contributed by atoms with van der Waals surface area (Å²) < 4.78 is 2.23. The molecule has 146 valence electrons. The lowest BCUT2D eigenvalue weighted by atomic mass is 10.1. The molecule has 0 bridgehead atoms. The van der Waals surface area contributed by atoms with E-state index in [2.05, 4.69) is 5.43 Å². The molecule has 0 aliphatic carbocycles. The van der Waals surface area contributed by atoms with Gasteiger partial charge in [0.15, 0.2) is 4.32 Å². The maximum atomic E-state index is 12.8. The Kier molecular flexibility index (Phi) is 5.40. The molecule has 5 nitrogen and oxygen atoms in total. The second-order valence-electron chi connectivity index (χ2n) is 6.29. The minimum atomic E-state index is -0.547. The largest absolute Gasteiger partial charge is 0.350 e. The minimum absolute atomic E-state index is 0.187. The van der Waals surface area contributed by atoms with Gasteiger partial charge < -0.3 is 4.57 Å². The predicted molar refractivity (Wildman–Crippen MR) is 122 cm³/mol. The van der Waals surface area contributed by atoms with Gasteiger partial charge in [-0.15, -0.1) is 0 Å². The number of carbonyl (C=O) groups is 2. The molecule has 0 radical (unpaired) electrons. The van der Waals surface area contributed by atoms with Crippen molar-refractivity contribution in [3.8, 4) is 0 Å². The Balaban J connectivity index is 1.60. The first-order valence-corrected chi connectivity index (χ1v) is 10.4. The van der Waals surface area contributed by atoms with Gasteiger partial charge in [0, 0.05) is 34.7 Å². The van der Waals surface area contributed by atoms with Crippen molar-refractivity contribution in [2.75, 3.05) is 0 Å². The van der Waals surface area contributed by atoms with Crippen LogP contribution >= 0.6 is 47.2 Å². The van der Waals surface area contributed by atoms with Crippen LogP contribution in [-0.4, -0.2) is 25.7 Å². The fraction of sp³-hybridized carbons (Fsp3) is 0.0500. The smallest absolute Gasteiger partial charge is 0.285 e. The molecule has 0 saturated carbocycles. The molecule has 1 aliphatic rings. The quantitative estimate of drug-likeness (QED) is 0.438. The Morgan fingerprint density at radius 3 is 2.72 bits per heavy atom. The van der Waals surface area contributed by atoms with Crippen LogP contribution in [0.1, 0.15) is 15.9 Å². The van der Waals surface area contributed by atoms with Crippen molar-refractivity contribution in [2.45, 2.75) is 0 Å². The lowest BCUT2D eigenvalue weighted by Gasteiger charge is -2.16. The summed E-state index contributed by atoms with van der Waals surface area (Å²) in [6.45, 7) is 0. The zero-order chi connectivity index (χ0) is 20.7. The van der Waals surface area contributed by atoms with E-state index in [1.807, 2.05) is 42.1 Å². The number of nitrogens with zero attached hydrogens (tertiary/aromatic N) is 2. The first-order chi connectivity index (χ1) is 13.8. The maximum Gasteiger partial charge on any atom is 0.285 e. The zero-order valence-corrected chi connectivity index (χ0v) is 18.1. The maximum absolute atomic E-state index is 12.8. The topological polar surface area (TPSA) is 54.3 Å². The van der Waals surface area contributed by atoms with Crippen LogP contribution < -0.4 is 5.43 Å². The lowest BCUT2D eigenvalue weighted by molar-refractivity contribution is -0.123. The third-order valence-electron chi connectivity index (χ3n) is 4.40. The Hall–Kier alpha value is -2.32. The number of hydrogen-bond acceptors (Lipinski definition) is 4. The first-order valence-electron chi connectivity index (χ1n) is 8.43. The highest BCUT2D eigenvalue weighted by molar-refractivity contribution is 8.26. The van der Waals surface area contributed by atoms with Gasteiger partial charge in [0.05, 0.1) is 15.5 Å². The number of hydrogen-bond donors (Lipinski definition) is 1. The number of rotatable bonds is 3. The van der Waals surface area contributed by atoms with Crippen molar-refractivity contribution in [1.29, 1.82) is 0 Å². The second kappa shape index (κ2) is 7.84. The number of aryl methyl sites for hydroxylation is 1. The van der Waals surface area contributed by atoms with Crippen molar-refractivity contribution < 1.29 is 9.59 Å². The molecule has 3 aromatic rings. The monoisotopic (exact) mass is 461 g/mol. The van der Waals surface area contributed by atoms with Crippen molar-refractivity contribution in [3.05, 3.63) is 74.7 Å². The first kappa shape index (κ1) is 20.0. The molecular weight excluding hydrogens is 449 g/mol. The highest BCUT2D eigenvalue weighted by atomic mass is 35.5. The van der Waals surface area contributed by atoms with Gasteiger partial charge in [-0.1, -0.05) is 53.2 Å². The molecule has 0 atom stereocenters. The van der Waals surface area contributed by atoms with Crippen LogP contribution in [-0.2, 0) is 11.8 Å². The standard InChI is InChI=1S/C20H13Cl2N3O2S2/c1-24-10-11(13-4-2-3-5-16(13)24)8-17-19(27)25(20(28)29-17)23-18(26)14-7-6-12(21)9-15(14)22/h2-10H,1H3,(H,23,26)/b17-8-. The lowest BCUT2D eigenvalue weighted by Crippen LogP contribution is -2.44. The number of carbonyl (C=O) groups excluding carboxylic acids is 2. The van der Waals surface area contributed by atoms with Gasteiger partial charge in [-0.25, -0.2) is 0 Å². The number of halogens is 2. The van der Waals surface area contributed by atoms with Crippen molar-refractivity contribution in [1.82, 2.24) is 15.0 Å². The molecule has 2 heterocycles. The van der Waals surface area contributed by atoms with Crippen molar-refractivity contribution >= 4 is 80.3 Å². The summed E-state index contributed by atoms with van der Waals surface area (Å²) in [4.78, 5) is 25.8. The van der Waals surface area contributed by atoms with Gasteiger partial charge in [0.1, 0.15) is 0 Å². The van der Waals surface area contributed by atoms with Gasteiger partial charge >= 0.3 is 0 Å². The average molecular weight is 462 g/mol. The number of fused-ring (bicyclic) bond motifs is 1. The van der Waals surface area contributed by atoms with Gasteiger partial charge in [0.25, 0.3) is 11.8 Å². The number of aromatic nitrogens is 1. The van der Waals surface area contributed by atoms with Crippen molar-refractivity contribution in [3.63, 3.8) is 0 Å². The van der Waals surface area contributed by atoms with E-state index in [0.29, 0.717) is 9.93 Å². The van der Waals surface area contributed by atoms with Crippen LogP contribution in [0.25, 0.3) is 17.0 Å². The van der Waals surface area contributed by atoms with Crippen LogP contribution in [0.15, 0.2) is 53.6 Å². The SMILES string of the molecule is Cn1cc(/C=C2\SC(=S)N(NC(=O)c3ccc(Cl)cc3Cl)C2=O)c2ccccc21. The third-order valence-corrected chi connectivity index (χ3v) is 6.25. The van der Waals surface area contributed by atoms with Gasteiger partial charge in [-0.3, -0.25) is 15.0 Å². The molecule has 4 rings (SSSR count). The van der Waals surface area contributed by atoms with E-state index in [1.54, 1.807) is 12.1 Å². The number of hydrazine groups is 1.